The lowest BCUT2D eigenvalue weighted by Crippen LogP contribution is -2.29. The fourth-order valence-corrected chi connectivity index (χ4v) is 0.914. The van der Waals surface area contributed by atoms with E-state index >= 15 is 0 Å². The third-order valence-corrected chi connectivity index (χ3v) is 1.92. The Kier molecular flexibility index (Phi) is 3.47. The highest BCUT2D eigenvalue weighted by molar-refractivity contribution is 7.85. The maximum Gasteiger partial charge on any atom is 0.266 e. The van der Waals surface area contributed by atoms with Crippen LogP contribution in [0.1, 0.15) is 6.92 Å². The van der Waals surface area contributed by atoms with Crippen molar-refractivity contribution in [1.29, 1.82) is 0 Å². The van der Waals surface area contributed by atoms with E-state index < -0.39 is 15.9 Å². The lowest BCUT2D eigenvalue weighted by Gasteiger charge is -2.12. The molecule has 0 aromatic carbocycles. The van der Waals surface area contributed by atoms with Gasteiger partial charge in [-0.1, -0.05) is 0 Å². The van der Waals surface area contributed by atoms with Crippen molar-refractivity contribution in [2.24, 2.45) is 0 Å². The van der Waals surface area contributed by atoms with Gasteiger partial charge in [-0.25, -0.2) is 0 Å². The Morgan fingerprint density at radius 1 is 1.55 bits per heavy atom. The van der Waals surface area contributed by atoms with Crippen molar-refractivity contribution in [2.75, 3.05) is 19.3 Å². The predicted molar refractivity (Wildman–Crippen MR) is 39.7 cm³/mol. The van der Waals surface area contributed by atoms with Gasteiger partial charge in [0, 0.05) is 20.5 Å². The zero-order chi connectivity index (χ0) is 9.07. The number of carbonyl (C=O) groups is 1. The number of carbonyl (C=O) groups excluding carboxylic acids is 1. The summed E-state index contributed by atoms with van der Waals surface area (Å²) in [5.74, 6) is -0.642. The predicted octanol–water partition coefficient (Wildman–Crippen LogP) is -0.647. The number of rotatable bonds is 3. The second-order valence-electron chi connectivity index (χ2n) is 2.23. The van der Waals surface area contributed by atoms with Gasteiger partial charge in [-0.3, -0.25) is 9.35 Å². The van der Waals surface area contributed by atoms with Crippen LogP contribution in [-0.2, 0) is 14.9 Å². The molecular formula is C5H11NO4S. The number of nitrogens with zero attached hydrogens (tertiary/aromatic N) is 1. The molecule has 0 bridgehead atoms. The van der Waals surface area contributed by atoms with E-state index in [1.54, 1.807) is 0 Å². The quantitative estimate of drug-likeness (QED) is 0.587. The van der Waals surface area contributed by atoms with Gasteiger partial charge in [-0.15, -0.1) is 0 Å². The van der Waals surface area contributed by atoms with Crippen molar-refractivity contribution < 1.29 is 17.8 Å². The monoisotopic (exact) mass is 181 g/mol. The van der Waals surface area contributed by atoms with E-state index in [1.807, 2.05) is 0 Å². The van der Waals surface area contributed by atoms with Crippen LogP contribution in [0.4, 0.5) is 0 Å². The van der Waals surface area contributed by atoms with E-state index in [0.717, 1.165) is 0 Å². The first-order valence-corrected chi connectivity index (χ1v) is 4.60. The largest absolute Gasteiger partial charge is 0.345 e. The lowest BCUT2D eigenvalue weighted by atomic mass is 10.5. The van der Waals surface area contributed by atoms with Crippen LogP contribution in [0, 0.1) is 0 Å². The number of hydrogen-bond acceptors (Lipinski definition) is 3. The fraction of sp³-hybridized carbons (Fsp3) is 0.800. The molecule has 0 aliphatic heterocycles. The molecule has 0 aliphatic rings. The van der Waals surface area contributed by atoms with E-state index in [4.69, 9.17) is 4.55 Å². The fourth-order valence-electron chi connectivity index (χ4n) is 0.410. The van der Waals surface area contributed by atoms with E-state index in [1.165, 1.54) is 18.9 Å². The van der Waals surface area contributed by atoms with E-state index in [9.17, 15) is 13.2 Å². The summed E-state index contributed by atoms with van der Waals surface area (Å²) in [5, 5.41) is 0. The van der Waals surface area contributed by atoms with Gasteiger partial charge < -0.3 is 4.90 Å². The van der Waals surface area contributed by atoms with Crippen molar-refractivity contribution in [3.05, 3.63) is 0 Å². The van der Waals surface area contributed by atoms with Gasteiger partial charge in [-0.2, -0.15) is 8.42 Å². The Balaban J connectivity index is 3.82. The van der Waals surface area contributed by atoms with Gasteiger partial charge in [0.2, 0.25) is 5.91 Å². The number of hydrogen-bond donors (Lipinski definition) is 1. The van der Waals surface area contributed by atoms with Crippen LogP contribution < -0.4 is 0 Å². The first-order chi connectivity index (χ1) is 4.83. The van der Waals surface area contributed by atoms with Gasteiger partial charge >= 0.3 is 0 Å². The van der Waals surface area contributed by atoms with Gasteiger partial charge in [0.15, 0.2) is 0 Å². The summed E-state index contributed by atoms with van der Waals surface area (Å²) in [6.45, 7) is 1.35. The van der Waals surface area contributed by atoms with Crippen LogP contribution >= 0.6 is 0 Å². The molecule has 0 heterocycles. The summed E-state index contributed by atoms with van der Waals surface area (Å²) in [5.41, 5.74) is 0. The third-order valence-electron chi connectivity index (χ3n) is 1.22. The first-order valence-electron chi connectivity index (χ1n) is 3.00. The Labute approximate surface area is 65.7 Å². The van der Waals surface area contributed by atoms with Crippen LogP contribution in [-0.4, -0.2) is 43.1 Å². The molecule has 0 rings (SSSR count). The Bertz CT molecular complexity index is 233. The summed E-state index contributed by atoms with van der Waals surface area (Å²) >= 11 is 0. The standard InChI is InChI=1S/C5H11NO4S/c1-5(7)6(2)3-4-11(8,9)10/h3-4H2,1-2H3,(H,8,9,10). The zero-order valence-corrected chi connectivity index (χ0v) is 7.26. The van der Waals surface area contributed by atoms with Gasteiger partial charge in [0.05, 0.1) is 5.75 Å². The second kappa shape index (κ2) is 3.68. The highest BCUT2D eigenvalue weighted by Crippen LogP contribution is 1.87. The zero-order valence-electron chi connectivity index (χ0n) is 6.44. The molecule has 0 saturated carbocycles. The van der Waals surface area contributed by atoms with E-state index in [-0.39, 0.29) is 12.5 Å². The summed E-state index contributed by atoms with van der Waals surface area (Å²) in [6, 6.07) is 0. The minimum absolute atomic E-state index is 0.0220. The molecule has 6 heteroatoms. The molecule has 0 saturated heterocycles. The molecule has 1 N–H and O–H groups in total. The van der Waals surface area contributed by atoms with Crippen LogP contribution in [0.5, 0.6) is 0 Å². The molecule has 0 aromatic rings. The summed E-state index contributed by atoms with van der Waals surface area (Å²) < 4.78 is 28.6. The minimum Gasteiger partial charge on any atom is -0.345 e. The summed E-state index contributed by atoms with van der Waals surface area (Å²) in [4.78, 5) is 11.7. The third kappa shape index (κ3) is 5.81. The minimum atomic E-state index is -3.95. The number of amides is 1. The van der Waals surface area contributed by atoms with Crippen molar-refractivity contribution in [2.45, 2.75) is 6.92 Å². The Morgan fingerprint density at radius 3 is 2.27 bits per heavy atom. The summed E-state index contributed by atoms with van der Waals surface area (Å²) in [7, 11) is -2.48. The normalized spacial score (nSPS) is 11.2. The maximum atomic E-state index is 10.5. The molecule has 0 atom stereocenters. The molecule has 0 aromatic heterocycles. The van der Waals surface area contributed by atoms with Crippen LogP contribution in [0.25, 0.3) is 0 Å². The molecule has 66 valence electrons. The van der Waals surface area contributed by atoms with Crippen LogP contribution in [0.15, 0.2) is 0 Å². The summed E-state index contributed by atoms with van der Waals surface area (Å²) in [6.07, 6.45) is 0. The average Bonchev–Trinajstić information content (AvgIpc) is 1.80. The highest BCUT2D eigenvalue weighted by atomic mass is 32.2. The topological polar surface area (TPSA) is 74.7 Å². The molecule has 11 heavy (non-hydrogen) atoms. The molecule has 1 amide bonds. The molecule has 0 spiro atoms. The maximum absolute atomic E-state index is 10.5. The molecule has 0 radical (unpaired) electrons. The average molecular weight is 181 g/mol. The second-order valence-corrected chi connectivity index (χ2v) is 3.80. The van der Waals surface area contributed by atoms with Crippen LogP contribution in [0.3, 0.4) is 0 Å². The lowest BCUT2D eigenvalue weighted by molar-refractivity contribution is -0.127. The van der Waals surface area contributed by atoms with Crippen molar-refractivity contribution in [3.63, 3.8) is 0 Å². The Morgan fingerprint density at radius 2 is 2.00 bits per heavy atom. The molecule has 0 aliphatic carbocycles. The Hall–Kier alpha value is -0.620. The van der Waals surface area contributed by atoms with Gasteiger partial charge in [-0.05, 0) is 0 Å². The van der Waals surface area contributed by atoms with Crippen LogP contribution in [0.2, 0.25) is 0 Å². The molecule has 0 unspecified atom stereocenters. The highest BCUT2D eigenvalue weighted by Gasteiger charge is 2.08. The SMILES string of the molecule is CC(=O)N(C)CCS(=O)(=O)O. The molecular weight excluding hydrogens is 170 g/mol. The van der Waals surface area contributed by atoms with E-state index in [0.29, 0.717) is 0 Å². The van der Waals surface area contributed by atoms with Gasteiger partial charge in [0.25, 0.3) is 10.1 Å². The molecule has 5 nitrogen and oxygen atoms in total. The smallest absolute Gasteiger partial charge is 0.266 e. The van der Waals surface area contributed by atoms with Gasteiger partial charge in [0.1, 0.15) is 0 Å². The van der Waals surface area contributed by atoms with Crippen molar-refractivity contribution in [3.8, 4) is 0 Å². The van der Waals surface area contributed by atoms with Crippen molar-refractivity contribution in [1.82, 2.24) is 4.90 Å². The van der Waals surface area contributed by atoms with Crippen molar-refractivity contribution >= 4 is 16.0 Å². The first kappa shape index (κ1) is 10.4. The van der Waals surface area contributed by atoms with E-state index in [2.05, 4.69) is 0 Å². The molecule has 0 fully saturated rings.